The highest BCUT2D eigenvalue weighted by atomic mass is 32.2. The highest BCUT2D eigenvalue weighted by Crippen LogP contribution is 2.23. The monoisotopic (exact) mass is 304 g/mol. The maximum absolute atomic E-state index is 12.3. The van der Waals surface area contributed by atoms with Crippen molar-refractivity contribution in [2.75, 3.05) is 32.5 Å². The largest absolute Gasteiger partial charge is 0.386 e. The number of nitrogens with zero attached hydrogens (tertiary/aromatic N) is 1. The number of hydrogen-bond acceptors (Lipinski definition) is 5. The smallest absolute Gasteiger partial charge is 0.215 e. The summed E-state index contributed by atoms with van der Waals surface area (Å²) < 4.78 is 32.6. The Labute approximate surface area is 120 Å². The average Bonchev–Trinajstić information content (AvgIpc) is 2.83. The molecule has 1 unspecified atom stereocenters. The Morgan fingerprint density at radius 1 is 1.50 bits per heavy atom. The zero-order chi connectivity index (χ0) is 14.8. The topological polar surface area (TPSA) is 109 Å². The number of piperidine rings is 1. The van der Waals surface area contributed by atoms with Crippen LogP contribution >= 0.6 is 0 Å². The van der Waals surface area contributed by atoms with Crippen molar-refractivity contribution in [3.63, 3.8) is 0 Å². The van der Waals surface area contributed by atoms with E-state index in [-0.39, 0.29) is 17.7 Å². The number of nitrogens with one attached hydrogen (secondary N) is 2. The third-order valence-corrected chi connectivity index (χ3v) is 5.65. The van der Waals surface area contributed by atoms with Crippen molar-refractivity contribution >= 4 is 15.9 Å². The van der Waals surface area contributed by atoms with Gasteiger partial charge in [0.05, 0.1) is 17.4 Å². The molecule has 0 radical (unpaired) electrons. The van der Waals surface area contributed by atoms with Crippen LogP contribution in [-0.4, -0.2) is 63.3 Å². The lowest BCUT2D eigenvalue weighted by atomic mass is 9.88. The normalized spacial score (nSPS) is 27.6. The van der Waals surface area contributed by atoms with Crippen LogP contribution in [0.2, 0.25) is 0 Å². The van der Waals surface area contributed by atoms with Gasteiger partial charge in [-0.05, 0) is 32.7 Å². The van der Waals surface area contributed by atoms with Gasteiger partial charge < -0.3 is 15.4 Å². The van der Waals surface area contributed by atoms with E-state index in [1.807, 2.05) is 7.05 Å². The molecule has 1 atom stereocenters. The minimum absolute atomic E-state index is 0.0438. The number of ether oxygens (including phenoxy) is 1. The molecular formula is C12H24N4O3S. The third kappa shape index (κ3) is 3.69. The van der Waals surface area contributed by atoms with E-state index in [2.05, 4.69) is 9.62 Å². The molecule has 7 nitrogen and oxygen atoms in total. The predicted molar refractivity (Wildman–Crippen MR) is 77.3 cm³/mol. The number of hydrogen-bond donors (Lipinski definition) is 3. The van der Waals surface area contributed by atoms with Gasteiger partial charge in [-0.3, -0.25) is 5.41 Å². The summed E-state index contributed by atoms with van der Waals surface area (Å²) in [6.07, 6.45) is 2.51. The maximum atomic E-state index is 12.3. The molecule has 0 aromatic rings. The highest BCUT2D eigenvalue weighted by molar-refractivity contribution is 7.89. The van der Waals surface area contributed by atoms with Crippen molar-refractivity contribution in [1.82, 2.24) is 9.62 Å². The fourth-order valence-corrected chi connectivity index (χ4v) is 4.53. The van der Waals surface area contributed by atoms with E-state index in [0.717, 1.165) is 25.9 Å². The fraction of sp³-hybridized carbons (Fsp3) is 0.917. The quantitative estimate of drug-likeness (QED) is 0.468. The summed E-state index contributed by atoms with van der Waals surface area (Å²) in [5.74, 6) is -0.140. The summed E-state index contributed by atoms with van der Waals surface area (Å²) in [4.78, 5) is 2.11. The van der Waals surface area contributed by atoms with Gasteiger partial charge in [0, 0.05) is 19.7 Å². The van der Waals surface area contributed by atoms with Crippen LogP contribution in [0.15, 0.2) is 0 Å². The molecule has 0 aromatic carbocycles. The van der Waals surface area contributed by atoms with Gasteiger partial charge in [0.2, 0.25) is 10.0 Å². The van der Waals surface area contributed by atoms with E-state index in [1.54, 1.807) is 0 Å². The molecule has 0 amide bonds. The minimum Gasteiger partial charge on any atom is -0.386 e. The van der Waals surface area contributed by atoms with Gasteiger partial charge in [0.1, 0.15) is 5.84 Å². The summed E-state index contributed by atoms with van der Waals surface area (Å²) in [6.45, 7) is 2.08. The van der Waals surface area contributed by atoms with Gasteiger partial charge in [-0.1, -0.05) is 0 Å². The molecule has 0 aromatic heterocycles. The first kappa shape index (κ1) is 15.7. The van der Waals surface area contributed by atoms with Crippen molar-refractivity contribution in [1.29, 1.82) is 5.41 Å². The summed E-state index contributed by atoms with van der Waals surface area (Å²) >= 11 is 0. The second kappa shape index (κ2) is 5.97. The summed E-state index contributed by atoms with van der Waals surface area (Å²) in [5, 5.41) is 7.77. The van der Waals surface area contributed by atoms with Crippen molar-refractivity contribution < 1.29 is 13.2 Å². The van der Waals surface area contributed by atoms with Crippen molar-refractivity contribution in [3.8, 4) is 0 Å². The molecule has 0 bridgehead atoms. The second-order valence-electron chi connectivity index (χ2n) is 5.82. The van der Waals surface area contributed by atoms with Crippen LogP contribution in [0.5, 0.6) is 0 Å². The van der Waals surface area contributed by atoms with Crippen molar-refractivity contribution in [2.45, 2.75) is 37.3 Å². The van der Waals surface area contributed by atoms with E-state index in [4.69, 9.17) is 15.9 Å². The van der Waals surface area contributed by atoms with Gasteiger partial charge in [0.15, 0.2) is 0 Å². The van der Waals surface area contributed by atoms with Gasteiger partial charge in [-0.15, -0.1) is 0 Å². The Bertz CT molecular complexity index is 451. The van der Waals surface area contributed by atoms with Crippen molar-refractivity contribution in [3.05, 3.63) is 0 Å². The molecule has 116 valence electrons. The Morgan fingerprint density at radius 3 is 2.65 bits per heavy atom. The molecule has 2 heterocycles. The number of nitrogens with two attached hydrogens (primary N) is 1. The van der Waals surface area contributed by atoms with Gasteiger partial charge in [-0.2, -0.15) is 0 Å². The molecule has 2 aliphatic rings. The van der Waals surface area contributed by atoms with Gasteiger partial charge in [-0.25, -0.2) is 13.1 Å². The van der Waals surface area contributed by atoms with E-state index < -0.39 is 15.6 Å². The molecule has 2 rings (SSSR count). The highest BCUT2D eigenvalue weighted by Gasteiger charge is 2.41. The van der Waals surface area contributed by atoms with Crippen LogP contribution in [-0.2, 0) is 14.8 Å². The summed E-state index contributed by atoms with van der Waals surface area (Å²) in [5.41, 5.74) is 4.74. The van der Waals surface area contributed by atoms with Crippen LogP contribution in [0.25, 0.3) is 0 Å². The van der Waals surface area contributed by atoms with Gasteiger partial charge >= 0.3 is 0 Å². The van der Waals surface area contributed by atoms with Crippen LogP contribution < -0.4 is 10.5 Å². The number of likely N-dealkylation sites (tertiary alicyclic amines) is 1. The Morgan fingerprint density at radius 2 is 2.15 bits per heavy atom. The first-order valence-corrected chi connectivity index (χ1v) is 8.64. The van der Waals surface area contributed by atoms with Gasteiger partial charge in [0.25, 0.3) is 0 Å². The van der Waals surface area contributed by atoms with Crippen LogP contribution in [0.4, 0.5) is 0 Å². The van der Waals surface area contributed by atoms with E-state index >= 15 is 0 Å². The molecule has 4 N–H and O–H groups in total. The number of sulfonamides is 1. The van der Waals surface area contributed by atoms with Crippen LogP contribution in [0.3, 0.4) is 0 Å². The molecule has 20 heavy (non-hydrogen) atoms. The van der Waals surface area contributed by atoms with Crippen molar-refractivity contribution in [2.24, 2.45) is 5.73 Å². The molecular weight excluding hydrogens is 280 g/mol. The summed E-state index contributed by atoms with van der Waals surface area (Å²) in [7, 11) is -1.52. The average molecular weight is 304 g/mol. The molecule has 0 spiro atoms. The Balaban J connectivity index is 2.05. The number of rotatable bonds is 5. The summed E-state index contributed by atoms with van der Waals surface area (Å²) in [6, 6.07) is 0. The predicted octanol–water partition coefficient (Wildman–Crippen LogP) is -0.515. The minimum atomic E-state index is -3.50. The maximum Gasteiger partial charge on any atom is 0.215 e. The molecule has 8 heteroatoms. The van der Waals surface area contributed by atoms with Crippen LogP contribution in [0.1, 0.15) is 25.7 Å². The van der Waals surface area contributed by atoms with E-state index in [1.165, 1.54) is 0 Å². The molecule has 2 fully saturated rings. The van der Waals surface area contributed by atoms with E-state index in [9.17, 15) is 8.42 Å². The zero-order valence-corrected chi connectivity index (χ0v) is 12.7. The Kier molecular flexibility index (Phi) is 4.68. The van der Waals surface area contributed by atoms with E-state index in [0.29, 0.717) is 19.4 Å². The first-order valence-electron chi connectivity index (χ1n) is 6.99. The molecule has 2 aliphatic heterocycles. The third-order valence-electron chi connectivity index (χ3n) is 4.14. The lowest BCUT2D eigenvalue weighted by Gasteiger charge is -2.40. The first-order chi connectivity index (χ1) is 9.33. The second-order valence-corrected chi connectivity index (χ2v) is 7.58. The SMILES string of the molecule is CN1CCC(NS(=O)(=O)CC2CCCO2)(C(=N)N)CC1. The lowest BCUT2D eigenvalue weighted by molar-refractivity contribution is 0.127. The zero-order valence-electron chi connectivity index (χ0n) is 11.9. The van der Waals surface area contributed by atoms with Crippen LogP contribution in [0, 0.1) is 5.41 Å². The number of amidine groups is 1. The standard InChI is InChI=1S/C12H24N4O3S/c1-16-6-4-12(5-7-16,11(13)14)15-20(17,18)9-10-3-2-8-19-10/h10,15H,2-9H2,1H3,(H3,13,14). The molecule has 2 saturated heterocycles. The lowest BCUT2D eigenvalue weighted by Crippen LogP contribution is -2.62. The Hall–Kier alpha value is -0.700. The molecule has 0 aliphatic carbocycles. The fourth-order valence-electron chi connectivity index (χ4n) is 2.79. The molecule has 0 saturated carbocycles.